The Kier molecular flexibility index (Phi) is 7.16. The van der Waals surface area contributed by atoms with Crippen LogP contribution in [0.15, 0.2) is 48.5 Å². The number of fused-ring (bicyclic) bond motifs is 1. The number of benzene rings is 2. The normalized spacial score (nSPS) is 17.3. The quantitative estimate of drug-likeness (QED) is 0.399. The Labute approximate surface area is 228 Å². The van der Waals surface area contributed by atoms with Gasteiger partial charge in [0.1, 0.15) is 5.82 Å². The number of anilines is 3. The second-order valence-corrected chi connectivity index (χ2v) is 10.5. The van der Waals surface area contributed by atoms with Crippen molar-refractivity contribution in [1.29, 1.82) is 0 Å². The molecule has 2 aromatic carbocycles. The number of piperazine rings is 1. The van der Waals surface area contributed by atoms with Gasteiger partial charge in [-0.3, -0.25) is 9.58 Å². The topological polar surface area (TPSA) is 74.6 Å². The molecule has 0 radical (unpaired) electrons. The highest BCUT2D eigenvalue weighted by atomic mass is 35.5. The fourth-order valence-corrected chi connectivity index (χ4v) is 5.18. The Morgan fingerprint density at radius 3 is 2.42 bits per heavy atom. The van der Waals surface area contributed by atoms with Crippen molar-refractivity contribution in [3.05, 3.63) is 59.2 Å². The van der Waals surface area contributed by atoms with Crippen molar-refractivity contribution in [2.45, 2.75) is 6.54 Å². The highest BCUT2D eigenvalue weighted by Crippen LogP contribution is 2.30. The van der Waals surface area contributed by atoms with Crippen LogP contribution in [0.4, 0.5) is 17.5 Å². The maximum absolute atomic E-state index is 6.09. The molecule has 9 nitrogen and oxygen atoms in total. The largest absolute Gasteiger partial charge is 0.378 e. The molecule has 0 bridgehead atoms. The molecule has 38 heavy (non-hydrogen) atoms. The molecule has 2 aliphatic rings. The van der Waals surface area contributed by atoms with Gasteiger partial charge in [0, 0.05) is 80.6 Å². The van der Waals surface area contributed by atoms with E-state index >= 15 is 0 Å². The summed E-state index contributed by atoms with van der Waals surface area (Å²) < 4.78 is 7.54. The number of aromatic nitrogens is 4. The van der Waals surface area contributed by atoms with E-state index in [0.717, 1.165) is 79.8 Å². The monoisotopic (exact) mass is 532 g/mol. The summed E-state index contributed by atoms with van der Waals surface area (Å²) in [6.45, 7) is 8.08. The van der Waals surface area contributed by atoms with Gasteiger partial charge in [-0.25, -0.2) is 4.98 Å². The number of hydrogen-bond acceptors (Lipinski definition) is 8. The van der Waals surface area contributed by atoms with Crippen LogP contribution in [0.1, 0.15) is 5.69 Å². The molecule has 4 heterocycles. The summed E-state index contributed by atoms with van der Waals surface area (Å²) in [7, 11) is 4.20. The van der Waals surface area contributed by atoms with Crippen LogP contribution in [-0.4, -0.2) is 89.1 Å². The van der Waals surface area contributed by atoms with E-state index < -0.39 is 0 Å². The maximum Gasteiger partial charge on any atom is 0.228 e. The molecule has 0 spiro atoms. The molecule has 1 N–H and O–H groups in total. The zero-order chi connectivity index (χ0) is 26.1. The van der Waals surface area contributed by atoms with Crippen LogP contribution in [0.25, 0.3) is 22.2 Å². The van der Waals surface area contributed by atoms with Gasteiger partial charge in [0.25, 0.3) is 0 Å². The third-order valence-corrected chi connectivity index (χ3v) is 7.57. The first-order valence-electron chi connectivity index (χ1n) is 13.1. The molecule has 10 heteroatoms. The molecule has 4 aromatic rings. The van der Waals surface area contributed by atoms with E-state index in [1.54, 1.807) is 0 Å². The predicted octanol–water partition coefficient (Wildman–Crippen LogP) is 4.01. The van der Waals surface area contributed by atoms with Gasteiger partial charge in [-0.15, -0.1) is 0 Å². The van der Waals surface area contributed by atoms with Gasteiger partial charge in [-0.2, -0.15) is 10.1 Å². The smallest absolute Gasteiger partial charge is 0.228 e. The van der Waals surface area contributed by atoms with Crippen LogP contribution < -0.4 is 10.2 Å². The summed E-state index contributed by atoms with van der Waals surface area (Å²) in [5.41, 5.74) is 5.04. The molecule has 0 aliphatic carbocycles. The fourth-order valence-electron chi connectivity index (χ4n) is 5.06. The van der Waals surface area contributed by atoms with Crippen molar-refractivity contribution in [3.8, 4) is 11.3 Å². The van der Waals surface area contributed by atoms with Crippen LogP contribution in [0.5, 0.6) is 0 Å². The van der Waals surface area contributed by atoms with Gasteiger partial charge in [0.15, 0.2) is 0 Å². The van der Waals surface area contributed by atoms with Crippen molar-refractivity contribution < 1.29 is 4.74 Å². The Morgan fingerprint density at radius 2 is 1.66 bits per heavy atom. The van der Waals surface area contributed by atoms with Crippen LogP contribution in [-0.2, 0) is 18.3 Å². The Balaban J connectivity index is 1.33. The average molecular weight is 533 g/mol. The molecule has 0 amide bonds. The first kappa shape index (κ1) is 25.1. The first-order chi connectivity index (χ1) is 18.5. The van der Waals surface area contributed by atoms with Crippen LogP contribution in [0.2, 0.25) is 5.02 Å². The van der Waals surface area contributed by atoms with E-state index in [4.69, 9.17) is 31.4 Å². The minimum atomic E-state index is 0.671. The van der Waals surface area contributed by atoms with E-state index in [9.17, 15) is 0 Å². The lowest BCUT2D eigenvalue weighted by molar-refractivity contribution is 0.122. The van der Waals surface area contributed by atoms with E-state index in [2.05, 4.69) is 45.3 Å². The number of likely N-dealkylation sites (N-methyl/N-ethyl adjacent to an activating group) is 1. The van der Waals surface area contributed by atoms with Crippen molar-refractivity contribution in [2.24, 2.45) is 7.05 Å². The number of nitrogens with one attached hydrogen (secondary N) is 1. The first-order valence-corrected chi connectivity index (χ1v) is 13.5. The highest BCUT2D eigenvalue weighted by molar-refractivity contribution is 6.30. The van der Waals surface area contributed by atoms with E-state index in [1.165, 1.54) is 5.39 Å². The Morgan fingerprint density at radius 1 is 0.895 bits per heavy atom. The van der Waals surface area contributed by atoms with Gasteiger partial charge in [0.05, 0.1) is 30.1 Å². The van der Waals surface area contributed by atoms with Crippen molar-refractivity contribution >= 4 is 40.0 Å². The zero-order valence-electron chi connectivity index (χ0n) is 21.9. The number of halogens is 1. The molecular formula is C28H33ClN8O. The summed E-state index contributed by atoms with van der Waals surface area (Å²) in [5.74, 6) is 1.43. The number of rotatable bonds is 6. The molecule has 0 atom stereocenters. The summed E-state index contributed by atoms with van der Waals surface area (Å²) >= 11 is 6.09. The van der Waals surface area contributed by atoms with Crippen LogP contribution in [0.3, 0.4) is 0 Å². The highest BCUT2D eigenvalue weighted by Gasteiger charge is 2.20. The summed E-state index contributed by atoms with van der Waals surface area (Å²) in [5, 5.41) is 10.2. The number of morpholine rings is 1. The van der Waals surface area contributed by atoms with E-state index in [-0.39, 0.29) is 0 Å². The molecule has 0 saturated carbocycles. The molecule has 6 rings (SSSR count). The molecule has 2 saturated heterocycles. The maximum atomic E-state index is 6.09. The zero-order valence-corrected chi connectivity index (χ0v) is 22.7. The van der Waals surface area contributed by atoms with Gasteiger partial charge in [-0.1, -0.05) is 23.7 Å². The molecular weight excluding hydrogens is 500 g/mol. The lowest BCUT2D eigenvalue weighted by atomic mass is 10.1. The molecule has 2 fully saturated rings. The molecule has 2 aliphatic heterocycles. The number of aryl methyl sites for hydroxylation is 1. The molecule has 198 valence electrons. The van der Waals surface area contributed by atoms with Crippen molar-refractivity contribution in [1.82, 2.24) is 29.5 Å². The summed E-state index contributed by atoms with van der Waals surface area (Å²) in [6.07, 6.45) is 0. The van der Waals surface area contributed by atoms with Gasteiger partial charge >= 0.3 is 0 Å². The third kappa shape index (κ3) is 5.47. The third-order valence-electron chi connectivity index (χ3n) is 7.32. The van der Waals surface area contributed by atoms with Crippen molar-refractivity contribution in [3.63, 3.8) is 0 Å². The standard InChI is InChI=1S/C28H33ClN8O/c1-34-9-11-36(12-10-34)19-25-23-8-3-20(17-26(23)35(2)33-25)24-18-27(30-22-6-4-21(29)5-7-22)32-28(31-24)37-13-15-38-16-14-37/h3-8,17-18H,9-16,19H2,1-2H3,(H,30,31,32). The lowest BCUT2D eigenvalue weighted by Gasteiger charge is -2.31. The van der Waals surface area contributed by atoms with Gasteiger partial charge in [-0.05, 0) is 37.4 Å². The van der Waals surface area contributed by atoms with Crippen molar-refractivity contribution in [2.75, 3.05) is 69.7 Å². The lowest BCUT2D eigenvalue weighted by Crippen LogP contribution is -2.43. The number of ether oxygens (including phenoxy) is 1. The molecule has 0 unspecified atom stereocenters. The average Bonchev–Trinajstić information content (AvgIpc) is 3.25. The van der Waals surface area contributed by atoms with E-state index in [0.29, 0.717) is 24.2 Å². The second-order valence-electron chi connectivity index (χ2n) is 10.1. The second kappa shape index (κ2) is 10.9. The van der Waals surface area contributed by atoms with Crippen LogP contribution in [0, 0.1) is 0 Å². The minimum Gasteiger partial charge on any atom is -0.378 e. The molecule has 2 aromatic heterocycles. The fraction of sp³-hybridized carbons (Fsp3) is 0.393. The van der Waals surface area contributed by atoms with Crippen LogP contribution >= 0.6 is 11.6 Å². The predicted molar refractivity (Wildman–Crippen MR) is 152 cm³/mol. The summed E-state index contributed by atoms with van der Waals surface area (Å²) in [6, 6.07) is 16.1. The summed E-state index contributed by atoms with van der Waals surface area (Å²) in [4.78, 5) is 16.9. The van der Waals surface area contributed by atoms with E-state index in [1.807, 2.05) is 42.1 Å². The Hall–Kier alpha value is -3.24. The number of hydrogen-bond donors (Lipinski definition) is 1. The minimum absolute atomic E-state index is 0.671. The van der Waals surface area contributed by atoms with Gasteiger partial charge in [0.2, 0.25) is 5.95 Å². The van der Waals surface area contributed by atoms with Gasteiger partial charge < -0.3 is 19.9 Å². The Bertz CT molecular complexity index is 1410. The number of nitrogens with zero attached hydrogens (tertiary/aromatic N) is 7. The SMILES string of the molecule is CN1CCN(Cc2nn(C)c3cc(-c4cc(Nc5ccc(Cl)cc5)nc(N5CCOCC5)n4)ccc23)CC1.